The summed E-state index contributed by atoms with van der Waals surface area (Å²) in [7, 11) is 0.436. The zero-order valence-corrected chi connectivity index (χ0v) is 13.5. The molecule has 0 bridgehead atoms. The molecule has 1 aromatic heterocycles. The van der Waals surface area contributed by atoms with E-state index in [0.29, 0.717) is 18.7 Å². The fraction of sp³-hybridized carbons (Fsp3) is 0.615. The fourth-order valence-corrected chi connectivity index (χ4v) is 2.55. The minimum absolute atomic E-state index is 0.174. The molecule has 1 heterocycles. The van der Waals surface area contributed by atoms with Crippen LogP contribution in [0.15, 0.2) is 22.8 Å². The molecule has 0 saturated carbocycles. The van der Waals surface area contributed by atoms with Gasteiger partial charge in [0, 0.05) is 6.54 Å². The first-order chi connectivity index (χ1) is 9.79. The molecule has 1 rings (SSSR count). The van der Waals surface area contributed by atoms with Gasteiger partial charge in [-0.3, -0.25) is 4.79 Å². The summed E-state index contributed by atoms with van der Waals surface area (Å²) in [5, 5.41) is 2.64. The van der Waals surface area contributed by atoms with Gasteiger partial charge in [0.05, 0.1) is 25.6 Å². The Bertz CT molecular complexity index is 526. The van der Waals surface area contributed by atoms with Crippen molar-refractivity contribution in [1.82, 2.24) is 14.5 Å². The Kier molecular flexibility index (Phi) is 6.86. The molecule has 1 N–H and O–H groups in total. The number of carbonyl (C=O) groups excluding carboxylic acids is 1. The summed E-state index contributed by atoms with van der Waals surface area (Å²) in [5.41, 5.74) is 0. The van der Waals surface area contributed by atoms with E-state index in [1.807, 2.05) is 19.0 Å². The summed E-state index contributed by atoms with van der Waals surface area (Å²) >= 11 is 0. The maximum atomic E-state index is 11.8. The minimum Gasteiger partial charge on any atom is -0.467 e. The highest BCUT2D eigenvalue weighted by Crippen LogP contribution is 2.02. The summed E-state index contributed by atoms with van der Waals surface area (Å²) in [5.74, 6) is 0.281. The van der Waals surface area contributed by atoms with Gasteiger partial charge in [0.15, 0.2) is 0 Å². The van der Waals surface area contributed by atoms with Gasteiger partial charge in [0.2, 0.25) is 15.9 Å². The highest BCUT2D eigenvalue weighted by atomic mass is 32.2. The van der Waals surface area contributed by atoms with Crippen LogP contribution in [0.1, 0.15) is 12.2 Å². The average Bonchev–Trinajstić information content (AvgIpc) is 2.86. The molecule has 0 fully saturated rings. The zero-order chi connectivity index (χ0) is 15.9. The van der Waals surface area contributed by atoms with Crippen molar-refractivity contribution in [3.8, 4) is 0 Å². The number of nitrogens with one attached hydrogen (secondary N) is 1. The van der Waals surface area contributed by atoms with Crippen LogP contribution in [-0.2, 0) is 21.4 Å². The zero-order valence-electron chi connectivity index (χ0n) is 12.7. The maximum Gasteiger partial charge on any atom is 0.235 e. The third-order valence-corrected chi connectivity index (χ3v) is 4.09. The second kappa shape index (κ2) is 8.16. The highest BCUT2D eigenvalue weighted by Gasteiger charge is 2.19. The monoisotopic (exact) mass is 317 g/mol. The van der Waals surface area contributed by atoms with Crippen LogP contribution in [0.2, 0.25) is 0 Å². The van der Waals surface area contributed by atoms with Crippen LogP contribution < -0.4 is 5.32 Å². The number of hydrogen-bond acceptors (Lipinski definition) is 5. The third-order valence-electron chi connectivity index (χ3n) is 2.84. The number of rotatable bonds is 9. The van der Waals surface area contributed by atoms with E-state index in [-0.39, 0.29) is 19.0 Å². The second-order valence-corrected chi connectivity index (χ2v) is 7.09. The lowest BCUT2D eigenvalue weighted by atomic mass is 10.4. The Morgan fingerprint density at radius 1 is 1.33 bits per heavy atom. The SMILES string of the molecule is CN(C)CCCN(CC(=O)NCc1ccco1)S(C)(=O)=O. The Morgan fingerprint density at radius 3 is 2.57 bits per heavy atom. The van der Waals surface area contributed by atoms with Crippen LogP contribution in [0, 0.1) is 0 Å². The second-order valence-electron chi connectivity index (χ2n) is 5.11. The van der Waals surface area contributed by atoms with Crippen molar-refractivity contribution in [2.24, 2.45) is 0 Å². The van der Waals surface area contributed by atoms with Gasteiger partial charge in [0.25, 0.3) is 0 Å². The van der Waals surface area contributed by atoms with Crippen molar-refractivity contribution in [1.29, 1.82) is 0 Å². The average molecular weight is 317 g/mol. The van der Waals surface area contributed by atoms with Crippen LogP contribution in [0.5, 0.6) is 0 Å². The summed E-state index contributed by atoms with van der Waals surface area (Å²) in [6.07, 6.45) is 3.31. The number of amides is 1. The van der Waals surface area contributed by atoms with Crippen LogP contribution in [0.25, 0.3) is 0 Å². The standard InChI is InChI=1S/C13H23N3O4S/c1-15(2)7-5-8-16(21(3,18)19)11-13(17)14-10-12-6-4-9-20-12/h4,6,9H,5,7-8,10-11H2,1-3H3,(H,14,17). The van der Waals surface area contributed by atoms with Gasteiger partial charge >= 0.3 is 0 Å². The molecule has 0 unspecified atom stereocenters. The van der Waals surface area contributed by atoms with Gasteiger partial charge in [-0.05, 0) is 39.2 Å². The first-order valence-electron chi connectivity index (χ1n) is 6.68. The third kappa shape index (κ3) is 7.26. The van der Waals surface area contributed by atoms with Gasteiger partial charge in [-0.2, -0.15) is 4.31 Å². The molecule has 0 aliphatic rings. The van der Waals surface area contributed by atoms with Crippen molar-refractivity contribution in [2.75, 3.05) is 40.0 Å². The Balaban J connectivity index is 2.45. The van der Waals surface area contributed by atoms with E-state index in [0.717, 1.165) is 12.8 Å². The highest BCUT2D eigenvalue weighted by molar-refractivity contribution is 7.88. The lowest BCUT2D eigenvalue weighted by Crippen LogP contribution is -2.41. The number of hydrogen-bond donors (Lipinski definition) is 1. The van der Waals surface area contributed by atoms with Crippen LogP contribution in [0.3, 0.4) is 0 Å². The Morgan fingerprint density at radius 2 is 2.05 bits per heavy atom. The number of carbonyl (C=O) groups is 1. The van der Waals surface area contributed by atoms with Gasteiger partial charge in [-0.1, -0.05) is 0 Å². The normalized spacial score (nSPS) is 12.0. The van der Waals surface area contributed by atoms with Crippen molar-refractivity contribution in [2.45, 2.75) is 13.0 Å². The molecule has 0 aliphatic carbocycles. The molecule has 1 amide bonds. The minimum atomic E-state index is -3.40. The van der Waals surface area contributed by atoms with Gasteiger partial charge in [-0.25, -0.2) is 8.42 Å². The predicted molar refractivity (Wildman–Crippen MR) is 80.1 cm³/mol. The summed E-state index contributed by atoms with van der Waals surface area (Å²) in [6, 6.07) is 3.47. The summed E-state index contributed by atoms with van der Waals surface area (Å²) < 4.78 is 29.7. The molecule has 1 aromatic rings. The first-order valence-corrected chi connectivity index (χ1v) is 8.53. The molecular formula is C13H23N3O4S. The molecular weight excluding hydrogens is 294 g/mol. The summed E-state index contributed by atoms with van der Waals surface area (Å²) in [4.78, 5) is 13.8. The van der Waals surface area contributed by atoms with E-state index in [2.05, 4.69) is 5.32 Å². The van der Waals surface area contributed by atoms with E-state index in [1.54, 1.807) is 12.1 Å². The van der Waals surface area contributed by atoms with Crippen LogP contribution in [0.4, 0.5) is 0 Å². The van der Waals surface area contributed by atoms with E-state index < -0.39 is 10.0 Å². The molecule has 0 radical (unpaired) electrons. The van der Waals surface area contributed by atoms with E-state index >= 15 is 0 Å². The fourth-order valence-electron chi connectivity index (χ4n) is 1.74. The molecule has 120 valence electrons. The van der Waals surface area contributed by atoms with Gasteiger partial charge in [-0.15, -0.1) is 0 Å². The molecule has 7 nitrogen and oxygen atoms in total. The number of nitrogens with zero attached hydrogens (tertiary/aromatic N) is 2. The van der Waals surface area contributed by atoms with E-state index in [4.69, 9.17) is 4.42 Å². The maximum absolute atomic E-state index is 11.8. The summed E-state index contributed by atoms with van der Waals surface area (Å²) in [6.45, 7) is 1.17. The first kappa shape index (κ1) is 17.7. The van der Waals surface area contributed by atoms with Crippen LogP contribution in [-0.4, -0.2) is 63.5 Å². The number of furan rings is 1. The van der Waals surface area contributed by atoms with Crippen molar-refractivity contribution < 1.29 is 17.6 Å². The molecule has 0 atom stereocenters. The molecule has 0 aliphatic heterocycles. The molecule has 8 heteroatoms. The van der Waals surface area contributed by atoms with Gasteiger partial charge in [0.1, 0.15) is 5.76 Å². The topological polar surface area (TPSA) is 82.9 Å². The Labute approximate surface area is 126 Å². The van der Waals surface area contributed by atoms with Gasteiger partial charge < -0.3 is 14.6 Å². The predicted octanol–water partition coefficient (Wildman–Crippen LogP) is 0.109. The van der Waals surface area contributed by atoms with Crippen molar-refractivity contribution >= 4 is 15.9 Å². The molecule has 0 aromatic carbocycles. The van der Waals surface area contributed by atoms with Crippen LogP contribution >= 0.6 is 0 Å². The molecule has 0 spiro atoms. The molecule has 0 saturated heterocycles. The lowest BCUT2D eigenvalue weighted by molar-refractivity contribution is -0.121. The quantitative estimate of drug-likeness (QED) is 0.699. The Hall–Kier alpha value is -1.38. The van der Waals surface area contributed by atoms with Crippen molar-refractivity contribution in [3.63, 3.8) is 0 Å². The molecule has 21 heavy (non-hydrogen) atoms. The lowest BCUT2D eigenvalue weighted by Gasteiger charge is -2.20. The largest absolute Gasteiger partial charge is 0.467 e. The van der Waals surface area contributed by atoms with E-state index in [1.165, 1.54) is 10.6 Å². The number of sulfonamides is 1. The van der Waals surface area contributed by atoms with E-state index in [9.17, 15) is 13.2 Å². The smallest absolute Gasteiger partial charge is 0.235 e. The van der Waals surface area contributed by atoms with Crippen molar-refractivity contribution in [3.05, 3.63) is 24.2 Å².